The normalized spacial score (nSPS) is 9.76. The van der Waals surface area contributed by atoms with Crippen molar-refractivity contribution < 1.29 is 9.53 Å². The molecule has 106 valence electrons. The quantitative estimate of drug-likeness (QED) is 0.776. The highest BCUT2D eigenvalue weighted by atomic mass is 127. The molecule has 0 bridgehead atoms. The Labute approximate surface area is 140 Å². The summed E-state index contributed by atoms with van der Waals surface area (Å²) in [6, 6.07) is 14.0. The van der Waals surface area contributed by atoms with E-state index in [4.69, 9.17) is 21.6 Å². The number of amides is 1. The first-order chi connectivity index (χ1) is 10.1. The van der Waals surface area contributed by atoms with Crippen LogP contribution in [0.2, 0.25) is 5.02 Å². The first kappa shape index (κ1) is 15.6. The molecule has 0 atom stereocenters. The zero-order valence-corrected chi connectivity index (χ0v) is 13.7. The van der Waals surface area contributed by atoms with Gasteiger partial charge in [-0.3, -0.25) is 4.79 Å². The molecule has 1 N–H and O–H groups in total. The second-order valence-corrected chi connectivity index (χ2v) is 5.75. The predicted molar refractivity (Wildman–Crippen MR) is 89.5 cm³/mol. The number of ether oxygens (including phenoxy) is 1. The molecule has 2 rings (SSSR count). The highest BCUT2D eigenvalue weighted by Gasteiger charge is 2.07. The van der Waals surface area contributed by atoms with E-state index in [9.17, 15) is 4.79 Å². The molecular formula is C15H10ClIN2O2. The van der Waals surface area contributed by atoms with E-state index in [1.165, 1.54) is 6.07 Å². The number of halogens is 2. The maximum atomic E-state index is 11.8. The van der Waals surface area contributed by atoms with Gasteiger partial charge >= 0.3 is 0 Å². The molecule has 0 heterocycles. The number of nitrogens with one attached hydrogen (secondary N) is 1. The third-order valence-electron chi connectivity index (χ3n) is 2.55. The van der Waals surface area contributed by atoms with E-state index in [0.29, 0.717) is 22.0 Å². The molecule has 1 amide bonds. The van der Waals surface area contributed by atoms with Crippen molar-refractivity contribution in [3.05, 3.63) is 56.6 Å². The number of carbonyl (C=O) groups excluding carboxylic acids is 1. The van der Waals surface area contributed by atoms with Gasteiger partial charge in [0, 0.05) is 9.26 Å². The van der Waals surface area contributed by atoms with Gasteiger partial charge in [0.2, 0.25) is 0 Å². The minimum Gasteiger partial charge on any atom is -0.482 e. The molecule has 0 saturated carbocycles. The van der Waals surface area contributed by atoms with Crippen LogP contribution >= 0.6 is 34.2 Å². The van der Waals surface area contributed by atoms with Crippen LogP contribution in [0.3, 0.4) is 0 Å². The number of hydrogen-bond donors (Lipinski definition) is 1. The Kier molecular flexibility index (Phi) is 5.42. The summed E-state index contributed by atoms with van der Waals surface area (Å²) >= 11 is 8.15. The summed E-state index contributed by atoms with van der Waals surface area (Å²) in [6.07, 6.45) is 0. The van der Waals surface area contributed by atoms with Gasteiger partial charge in [0.05, 0.1) is 16.7 Å². The highest BCUT2D eigenvalue weighted by molar-refractivity contribution is 14.1. The molecule has 0 fully saturated rings. The molecule has 2 aromatic rings. The average Bonchev–Trinajstić information content (AvgIpc) is 2.48. The van der Waals surface area contributed by atoms with Gasteiger partial charge in [-0.25, -0.2) is 0 Å². The molecule has 0 spiro atoms. The van der Waals surface area contributed by atoms with Crippen LogP contribution in [-0.4, -0.2) is 12.5 Å². The molecule has 0 unspecified atom stereocenters. The topological polar surface area (TPSA) is 62.1 Å². The van der Waals surface area contributed by atoms with Crippen LogP contribution in [0.25, 0.3) is 0 Å². The number of benzene rings is 2. The van der Waals surface area contributed by atoms with Crippen LogP contribution in [0.5, 0.6) is 5.75 Å². The van der Waals surface area contributed by atoms with Crippen molar-refractivity contribution in [3.8, 4) is 11.8 Å². The van der Waals surface area contributed by atoms with Crippen LogP contribution in [0, 0.1) is 14.9 Å². The van der Waals surface area contributed by atoms with Gasteiger partial charge in [0.15, 0.2) is 6.61 Å². The van der Waals surface area contributed by atoms with E-state index < -0.39 is 0 Å². The summed E-state index contributed by atoms with van der Waals surface area (Å²) in [5.74, 6) is 0.0880. The monoisotopic (exact) mass is 412 g/mol. The van der Waals surface area contributed by atoms with E-state index >= 15 is 0 Å². The smallest absolute Gasteiger partial charge is 0.262 e. The molecule has 0 saturated heterocycles. The first-order valence-corrected chi connectivity index (χ1v) is 7.42. The lowest BCUT2D eigenvalue weighted by molar-refractivity contribution is -0.118. The number of nitriles is 1. The third kappa shape index (κ3) is 4.62. The maximum absolute atomic E-state index is 11.8. The summed E-state index contributed by atoms with van der Waals surface area (Å²) in [5, 5.41) is 11.8. The zero-order chi connectivity index (χ0) is 15.2. The Morgan fingerprint density at radius 3 is 2.62 bits per heavy atom. The van der Waals surface area contributed by atoms with Crippen molar-refractivity contribution in [3.63, 3.8) is 0 Å². The lowest BCUT2D eigenvalue weighted by Crippen LogP contribution is -2.20. The molecule has 21 heavy (non-hydrogen) atoms. The molecule has 0 aromatic heterocycles. The minimum atomic E-state index is -0.281. The Balaban J connectivity index is 1.92. The largest absolute Gasteiger partial charge is 0.482 e. The Hall–Kier alpha value is -1.78. The molecule has 2 aromatic carbocycles. The summed E-state index contributed by atoms with van der Waals surface area (Å²) in [6.45, 7) is -0.155. The molecular weight excluding hydrogens is 403 g/mol. The van der Waals surface area contributed by atoms with E-state index in [1.807, 2.05) is 30.3 Å². The molecule has 0 aliphatic carbocycles. The van der Waals surface area contributed by atoms with Gasteiger partial charge in [-0.15, -0.1) is 0 Å². The second kappa shape index (κ2) is 7.29. The van der Waals surface area contributed by atoms with E-state index in [-0.39, 0.29) is 12.5 Å². The fraction of sp³-hybridized carbons (Fsp3) is 0.0667. The van der Waals surface area contributed by atoms with Gasteiger partial charge in [-0.05, 0) is 65.1 Å². The SMILES string of the molecule is N#Cc1ccc(OCC(=O)Nc2ccc(I)cc2)c(Cl)c1. The number of nitrogens with zero attached hydrogens (tertiary/aromatic N) is 1. The predicted octanol–water partition coefficient (Wildman–Crippen LogP) is 3.83. The molecule has 6 heteroatoms. The van der Waals surface area contributed by atoms with E-state index in [0.717, 1.165) is 3.57 Å². The standard InChI is InChI=1S/C15H10ClIN2O2/c16-13-7-10(8-18)1-6-14(13)21-9-15(20)19-12-4-2-11(17)3-5-12/h1-7H,9H2,(H,19,20). The number of carbonyl (C=O) groups is 1. The van der Waals surface area contributed by atoms with E-state index in [2.05, 4.69) is 27.9 Å². The summed E-state index contributed by atoms with van der Waals surface area (Å²) in [5.41, 5.74) is 1.14. The van der Waals surface area contributed by atoms with Gasteiger partial charge in [-0.2, -0.15) is 5.26 Å². The van der Waals surface area contributed by atoms with Crippen molar-refractivity contribution in [2.45, 2.75) is 0 Å². The van der Waals surface area contributed by atoms with Crippen LogP contribution in [0.1, 0.15) is 5.56 Å². The van der Waals surface area contributed by atoms with Crippen LogP contribution < -0.4 is 10.1 Å². The number of hydrogen-bond acceptors (Lipinski definition) is 3. The van der Waals surface area contributed by atoms with Crippen molar-refractivity contribution in [2.75, 3.05) is 11.9 Å². The van der Waals surface area contributed by atoms with E-state index in [1.54, 1.807) is 12.1 Å². The molecule has 0 aliphatic rings. The summed E-state index contributed by atoms with van der Waals surface area (Å²) < 4.78 is 6.43. The highest BCUT2D eigenvalue weighted by Crippen LogP contribution is 2.25. The van der Waals surface area contributed by atoms with Crippen molar-refractivity contribution >= 4 is 45.8 Å². The lowest BCUT2D eigenvalue weighted by atomic mass is 10.2. The second-order valence-electron chi connectivity index (χ2n) is 4.10. The van der Waals surface area contributed by atoms with Gasteiger partial charge in [-0.1, -0.05) is 11.6 Å². The van der Waals surface area contributed by atoms with Gasteiger partial charge in [0.1, 0.15) is 5.75 Å². The minimum absolute atomic E-state index is 0.155. The van der Waals surface area contributed by atoms with Crippen LogP contribution in [0.4, 0.5) is 5.69 Å². The Morgan fingerprint density at radius 2 is 2.00 bits per heavy atom. The van der Waals surface area contributed by atoms with Gasteiger partial charge < -0.3 is 10.1 Å². The Morgan fingerprint density at radius 1 is 1.29 bits per heavy atom. The lowest BCUT2D eigenvalue weighted by Gasteiger charge is -2.09. The average molecular weight is 413 g/mol. The van der Waals surface area contributed by atoms with Crippen molar-refractivity contribution in [1.82, 2.24) is 0 Å². The fourth-order valence-electron chi connectivity index (χ4n) is 1.56. The van der Waals surface area contributed by atoms with Crippen LogP contribution in [0.15, 0.2) is 42.5 Å². The molecule has 4 nitrogen and oxygen atoms in total. The third-order valence-corrected chi connectivity index (χ3v) is 3.56. The summed E-state index contributed by atoms with van der Waals surface area (Å²) in [4.78, 5) is 11.8. The van der Waals surface area contributed by atoms with Crippen molar-refractivity contribution in [1.29, 1.82) is 5.26 Å². The molecule has 0 radical (unpaired) electrons. The first-order valence-electron chi connectivity index (χ1n) is 5.96. The maximum Gasteiger partial charge on any atom is 0.262 e. The number of rotatable bonds is 4. The zero-order valence-electron chi connectivity index (χ0n) is 10.8. The van der Waals surface area contributed by atoms with Crippen LogP contribution in [-0.2, 0) is 4.79 Å². The number of anilines is 1. The molecule has 0 aliphatic heterocycles. The summed E-state index contributed by atoms with van der Waals surface area (Å²) in [7, 11) is 0. The Bertz CT molecular complexity index is 696. The fourth-order valence-corrected chi connectivity index (χ4v) is 2.16. The van der Waals surface area contributed by atoms with Gasteiger partial charge in [0.25, 0.3) is 5.91 Å². The van der Waals surface area contributed by atoms with Crippen molar-refractivity contribution in [2.24, 2.45) is 0 Å².